The summed E-state index contributed by atoms with van der Waals surface area (Å²) in [4.78, 5) is 10.9. The third kappa shape index (κ3) is 5.53. The highest BCUT2D eigenvalue weighted by atomic mass is 32.2. The van der Waals surface area contributed by atoms with Gasteiger partial charge in [-0.25, -0.2) is 9.52 Å². The van der Waals surface area contributed by atoms with Crippen LogP contribution in [0.2, 0.25) is 0 Å². The molecule has 1 atom stereocenters. The van der Waals surface area contributed by atoms with Gasteiger partial charge in [-0.1, -0.05) is 13.8 Å². The molecule has 1 unspecified atom stereocenters. The summed E-state index contributed by atoms with van der Waals surface area (Å²) < 4.78 is 30.7. The second-order valence-electron chi connectivity index (χ2n) is 3.29. The number of nitrogens with zero attached hydrogens (tertiary/aromatic N) is 1. The highest BCUT2D eigenvalue weighted by Crippen LogP contribution is 2.01. The predicted octanol–water partition coefficient (Wildman–Crippen LogP) is 0.115. The average Bonchev–Trinajstić information content (AvgIpc) is 2.13. The van der Waals surface area contributed by atoms with Gasteiger partial charge < -0.3 is 4.74 Å². The summed E-state index contributed by atoms with van der Waals surface area (Å²) in [6.07, 6.45) is -1.07. The molecule has 0 aliphatic carbocycles. The lowest BCUT2D eigenvalue weighted by Crippen LogP contribution is -2.46. The van der Waals surface area contributed by atoms with Crippen molar-refractivity contribution in [2.45, 2.75) is 26.8 Å². The molecule has 0 aromatic rings. The van der Waals surface area contributed by atoms with Crippen molar-refractivity contribution in [3.63, 3.8) is 0 Å². The van der Waals surface area contributed by atoms with Crippen molar-refractivity contribution >= 4 is 16.3 Å². The zero-order valence-electron chi connectivity index (χ0n) is 9.35. The maximum absolute atomic E-state index is 11.3. The highest BCUT2D eigenvalue weighted by molar-refractivity contribution is 7.88. The molecule has 7 nitrogen and oxygen atoms in total. The molecular weight excluding hydrogens is 234 g/mol. The van der Waals surface area contributed by atoms with Gasteiger partial charge in [-0.2, -0.15) is 18.4 Å². The van der Waals surface area contributed by atoms with Crippen LogP contribution in [0.4, 0.5) is 4.79 Å². The number of carbonyl (C=O) groups excluding carboxylic acids is 1. The summed E-state index contributed by atoms with van der Waals surface area (Å²) in [7, 11) is -4.06. The third-order valence-corrected chi connectivity index (χ3v) is 2.58. The van der Waals surface area contributed by atoms with Crippen LogP contribution in [-0.2, 0) is 14.9 Å². The Labute approximate surface area is 95.0 Å². The average molecular weight is 249 g/mol. The van der Waals surface area contributed by atoms with Gasteiger partial charge in [-0.15, -0.1) is 0 Å². The van der Waals surface area contributed by atoms with E-state index < -0.39 is 22.3 Å². The number of ether oxygens (including phenoxy) is 1. The summed E-state index contributed by atoms with van der Waals surface area (Å²) >= 11 is 0. The number of carbonyl (C=O) groups is 1. The molecule has 1 amide bonds. The minimum absolute atomic E-state index is 0.0627. The van der Waals surface area contributed by atoms with Crippen molar-refractivity contribution in [2.75, 3.05) is 6.61 Å². The van der Waals surface area contributed by atoms with Gasteiger partial charge in [0.25, 0.3) is 0 Å². The largest absolute Gasteiger partial charge is 0.449 e. The van der Waals surface area contributed by atoms with Crippen molar-refractivity contribution in [3.05, 3.63) is 0 Å². The van der Waals surface area contributed by atoms with E-state index in [1.807, 2.05) is 4.72 Å². The Bertz CT molecular complexity index is 371. The number of hydrogen-bond donors (Lipinski definition) is 2. The quantitative estimate of drug-likeness (QED) is 0.719. The molecule has 8 heteroatoms. The van der Waals surface area contributed by atoms with E-state index in [1.54, 1.807) is 31.6 Å². The Kier molecular flexibility index (Phi) is 5.77. The van der Waals surface area contributed by atoms with Crippen LogP contribution in [-0.4, -0.2) is 27.2 Å². The minimum Gasteiger partial charge on any atom is -0.449 e. The van der Waals surface area contributed by atoms with E-state index in [1.165, 1.54) is 0 Å². The zero-order chi connectivity index (χ0) is 12.8. The van der Waals surface area contributed by atoms with Gasteiger partial charge >= 0.3 is 16.3 Å². The molecule has 16 heavy (non-hydrogen) atoms. The van der Waals surface area contributed by atoms with Crippen LogP contribution in [0.5, 0.6) is 0 Å². The topological polar surface area (TPSA) is 108 Å². The van der Waals surface area contributed by atoms with Crippen LogP contribution in [0.1, 0.15) is 20.8 Å². The van der Waals surface area contributed by atoms with Crippen molar-refractivity contribution in [3.8, 4) is 6.07 Å². The van der Waals surface area contributed by atoms with Crippen LogP contribution in [0.15, 0.2) is 0 Å². The molecule has 0 aliphatic rings. The van der Waals surface area contributed by atoms with E-state index in [9.17, 15) is 13.2 Å². The van der Waals surface area contributed by atoms with E-state index in [4.69, 9.17) is 5.26 Å². The predicted molar refractivity (Wildman–Crippen MR) is 56.5 cm³/mol. The maximum Gasteiger partial charge on any atom is 0.421 e. The molecule has 0 aromatic carbocycles. The standard InChI is InChI=1S/C8H15N3O4S/c1-4-15-8(12)11-16(13,14)10-7(5-9)6(2)3/h6-7,10H,4H2,1-3H3,(H,11,12). The van der Waals surface area contributed by atoms with Crippen LogP contribution in [0.25, 0.3) is 0 Å². The lowest BCUT2D eigenvalue weighted by molar-refractivity contribution is 0.158. The van der Waals surface area contributed by atoms with Crippen molar-refractivity contribution < 1.29 is 17.9 Å². The maximum atomic E-state index is 11.3. The highest BCUT2D eigenvalue weighted by Gasteiger charge is 2.22. The van der Waals surface area contributed by atoms with E-state index in [0.29, 0.717) is 0 Å². The first kappa shape index (κ1) is 14.7. The molecule has 0 saturated carbocycles. The Balaban J connectivity index is 4.47. The second-order valence-corrected chi connectivity index (χ2v) is 4.74. The lowest BCUT2D eigenvalue weighted by Gasteiger charge is -2.15. The van der Waals surface area contributed by atoms with Gasteiger partial charge in [-0.05, 0) is 12.8 Å². The first-order chi connectivity index (χ1) is 7.32. The van der Waals surface area contributed by atoms with Gasteiger partial charge in [0, 0.05) is 0 Å². The summed E-state index contributed by atoms with van der Waals surface area (Å²) in [5.74, 6) is -0.205. The fraction of sp³-hybridized carbons (Fsp3) is 0.750. The van der Waals surface area contributed by atoms with E-state index in [-0.39, 0.29) is 12.5 Å². The summed E-state index contributed by atoms with van der Waals surface area (Å²) in [5, 5.41) is 8.68. The number of nitrogens with one attached hydrogen (secondary N) is 2. The molecule has 0 aromatic heterocycles. The molecular formula is C8H15N3O4S. The molecule has 92 valence electrons. The van der Waals surface area contributed by atoms with Gasteiger partial charge in [0.1, 0.15) is 6.04 Å². The molecule has 2 N–H and O–H groups in total. The third-order valence-electron chi connectivity index (χ3n) is 1.58. The fourth-order valence-corrected chi connectivity index (χ4v) is 1.77. The van der Waals surface area contributed by atoms with E-state index in [0.717, 1.165) is 0 Å². The molecule has 0 heterocycles. The monoisotopic (exact) mass is 249 g/mol. The number of nitriles is 1. The van der Waals surface area contributed by atoms with Gasteiger partial charge in [0.15, 0.2) is 0 Å². The molecule has 0 aliphatic heterocycles. The minimum atomic E-state index is -4.06. The van der Waals surface area contributed by atoms with Gasteiger partial charge in [0.2, 0.25) is 0 Å². The van der Waals surface area contributed by atoms with Crippen molar-refractivity contribution in [1.29, 1.82) is 5.26 Å². The van der Waals surface area contributed by atoms with Crippen LogP contribution >= 0.6 is 0 Å². The fourth-order valence-electron chi connectivity index (χ4n) is 0.778. The number of amides is 1. The Hall–Kier alpha value is -1.33. The molecule has 0 fully saturated rings. The van der Waals surface area contributed by atoms with Crippen molar-refractivity contribution in [1.82, 2.24) is 9.44 Å². The Morgan fingerprint density at radius 2 is 2.06 bits per heavy atom. The van der Waals surface area contributed by atoms with Crippen molar-refractivity contribution in [2.24, 2.45) is 5.92 Å². The first-order valence-corrected chi connectivity index (χ1v) is 6.17. The first-order valence-electron chi connectivity index (χ1n) is 4.68. The normalized spacial score (nSPS) is 12.9. The SMILES string of the molecule is CCOC(=O)NS(=O)(=O)NC(C#N)C(C)C. The molecule has 0 rings (SSSR count). The summed E-state index contributed by atoms with van der Waals surface area (Å²) in [5.41, 5.74) is 0. The van der Waals surface area contributed by atoms with E-state index >= 15 is 0 Å². The smallest absolute Gasteiger partial charge is 0.421 e. The van der Waals surface area contributed by atoms with Gasteiger partial charge in [0.05, 0.1) is 12.7 Å². The molecule has 0 spiro atoms. The lowest BCUT2D eigenvalue weighted by atomic mass is 10.1. The van der Waals surface area contributed by atoms with Crippen LogP contribution in [0.3, 0.4) is 0 Å². The molecule has 0 bridgehead atoms. The van der Waals surface area contributed by atoms with Gasteiger partial charge in [-0.3, -0.25) is 0 Å². The molecule has 0 radical (unpaired) electrons. The second kappa shape index (κ2) is 6.30. The van der Waals surface area contributed by atoms with Crippen LogP contribution in [0, 0.1) is 17.2 Å². The Morgan fingerprint density at radius 3 is 2.44 bits per heavy atom. The number of hydrogen-bond acceptors (Lipinski definition) is 5. The van der Waals surface area contributed by atoms with Crippen LogP contribution < -0.4 is 9.44 Å². The molecule has 0 saturated heterocycles. The Morgan fingerprint density at radius 1 is 1.50 bits per heavy atom. The number of rotatable bonds is 5. The zero-order valence-corrected chi connectivity index (χ0v) is 10.2. The van der Waals surface area contributed by atoms with E-state index in [2.05, 4.69) is 4.74 Å². The summed E-state index contributed by atoms with van der Waals surface area (Å²) in [6, 6.07) is 0.884. The summed E-state index contributed by atoms with van der Waals surface area (Å²) in [6.45, 7) is 4.97.